The van der Waals surface area contributed by atoms with E-state index < -0.39 is 15.3 Å². The van der Waals surface area contributed by atoms with Crippen LogP contribution in [0.25, 0.3) is 0 Å². The molecule has 2 rings (SSSR count). The molecule has 1 heterocycles. The highest BCUT2D eigenvalue weighted by molar-refractivity contribution is 7.90. The Bertz CT molecular complexity index is 590. The molecule has 0 amide bonds. The lowest BCUT2D eigenvalue weighted by atomic mass is 9.93. The van der Waals surface area contributed by atoms with E-state index in [2.05, 4.69) is 10.8 Å². The highest BCUT2D eigenvalue weighted by atomic mass is 32.2. The smallest absolute Gasteiger partial charge is 0.214 e. The number of rotatable bonds is 4. The number of hydrogen-bond acceptors (Lipinski definition) is 4. The molecule has 0 unspecified atom stereocenters. The van der Waals surface area contributed by atoms with Crippen molar-refractivity contribution in [1.82, 2.24) is 4.72 Å². The van der Waals surface area contributed by atoms with Crippen molar-refractivity contribution in [3.63, 3.8) is 0 Å². The molecule has 6 heteroatoms. The summed E-state index contributed by atoms with van der Waals surface area (Å²) >= 11 is 0. The van der Waals surface area contributed by atoms with E-state index >= 15 is 0 Å². The average Bonchev–Trinajstić information content (AvgIpc) is 2.48. The predicted molar refractivity (Wildman–Crippen MR) is 75.6 cm³/mol. The standard InChI is InChI=1S/C14H18N2O3S/c1-16-20(17,18)14-6-7-19-10-13(14)8-11-2-4-12(9-15)5-3-11/h2-5,13-14,16H,6-8,10H2,1H3/t13-,14+/m1/s1. The fourth-order valence-corrected chi connectivity index (χ4v) is 3.94. The van der Waals surface area contributed by atoms with Crippen LogP contribution in [-0.4, -0.2) is 33.9 Å². The molecule has 0 bridgehead atoms. The van der Waals surface area contributed by atoms with Gasteiger partial charge in [-0.1, -0.05) is 12.1 Å². The third kappa shape index (κ3) is 3.37. The Morgan fingerprint density at radius 3 is 2.70 bits per heavy atom. The van der Waals surface area contributed by atoms with Gasteiger partial charge in [0, 0.05) is 12.5 Å². The first kappa shape index (κ1) is 15.0. The van der Waals surface area contributed by atoms with Crippen LogP contribution in [0.5, 0.6) is 0 Å². The Morgan fingerprint density at radius 1 is 1.40 bits per heavy atom. The van der Waals surface area contributed by atoms with Gasteiger partial charge < -0.3 is 4.74 Å². The van der Waals surface area contributed by atoms with E-state index in [0.29, 0.717) is 31.6 Å². The van der Waals surface area contributed by atoms with Crippen molar-refractivity contribution in [3.05, 3.63) is 35.4 Å². The average molecular weight is 294 g/mol. The first-order chi connectivity index (χ1) is 9.56. The van der Waals surface area contributed by atoms with Crippen molar-refractivity contribution >= 4 is 10.0 Å². The van der Waals surface area contributed by atoms with E-state index in [9.17, 15) is 8.42 Å². The van der Waals surface area contributed by atoms with Crippen LogP contribution in [0.2, 0.25) is 0 Å². The molecule has 5 nitrogen and oxygen atoms in total. The van der Waals surface area contributed by atoms with E-state index in [1.165, 1.54) is 7.05 Å². The molecule has 1 aromatic carbocycles. The highest BCUT2D eigenvalue weighted by Crippen LogP contribution is 2.25. The zero-order chi connectivity index (χ0) is 14.6. The minimum absolute atomic E-state index is 0.0610. The van der Waals surface area contributed by atoms with E-state index in [-0.39, 0.29) is 5.92 Å². The van der Waals surface area contributed by atoms with Crippen LogP contribution in [0.3, 0.4) is 0 Å². The third-order valence-corrected chi connectivity index (χ3v) is 5.66. The normalized spacial score (nSPS) is 23.2. The second-order valence-electron chi connectivity index (χ2n) is 4.92. The van der Waals surface area contributed by atoms with Gasteiger partial charge in [0.25, 0.3) is 0 Å². The first-order valence-electron chi connectivity index (χ1n) is 6.56. The lowest BCUT2D eigenvalue weighted by molar-refractivity contribution is 0.0570. The van der Waals surface area contributed by atoms with Gasteiger partial charge in [0.2, 0.25) is 10.0 Å². The van der Waals surface area contributed by atoms with E-state index in [1.54, 1.807) is 12.1 Å². The SMILES string of the molecule is CNS(=O)(=O)[C@H]1CCOC[C@H]1Cc1ccc(C#N)cc1. The summed E-state index contributed by atoms with van der Waals surface area (Å²) in [6.07, 6.45) is 1.15. The van der Waals surface area contributed by atoms with Gasteiger partial charge in [-0.2, -0.15) is 5.26 Å². The summed E-state index contributed by atoms with van der Waals surface area (Å²) in [5, 5.41) is 8.35. The third-order valence-electron chi connectivity index (χ3n) is 3.67. The van der Waals surface area contributed by atoms with Gasteiger partial charge in [-0.15, -0.1) is 0 Å². The van der Waals surface area contributed by atoms with E-state index in [4.69, 9.17) is 10.00 Å². The maximum absolute atomic E-state index is 12.0. The summed E-state index contributed by atoms with van der Waals surface area (Å²) < 4.78 is 31.9. The second-order valence-corrected chi connectivity index (χ2v) is 7.03. The zero-order valence-corrected chi connectivity index (χ0v) is 12.2. The van der Waals surface area contributed by atoms with Crippen LogP contribution >= 0.6 is 0 Å². The minimum atomic E-state index is -3.29. The number of benzene rings is 1. The van der Waals surface area contributed by atoms with Gasteiger partial charge in [0.05, 0.1) is 23.5 Å². The second kappa shape index (κ2) is 6.35. The highest BCUT2D eigenvalue weighted by Gasteiger charge is 2.35. The molecule has 0 saturated carbocycles. The van der Waals surface area contributed by atoms with E-state index in [0.717, 1.165) is 5.56 Å². The van der Waals surface area contributed by atoms with Gasteiger partial charge >= 0.3 is 0 Å². The van der Waals surface area contributed by atoms with Crippen molar-refractivity contribution in [1.29, 1.82) is 5.26 Å². The van der Waals surface area contributed by atoms with Crippen LogP contribution < -0.4 is 4.72 Å². The summed E-state index contributed by atoms with van der Waals surface area (Å²) in [5.74, 6) is -0.0610. The number of nitrogens with zero attached hydrogens (tertiary/aromatic N) is 1. The summed E-state index contributed by atoms with van der Waals surface area (Å²) in [4.78, 5) is 0. The van der Waals surface area contributed by atoms with Gasteiger partial charge in [-0.25, -0.2) is 13.1 Å². The number of sulfonamides is 1. The summed E-state index contributed by atoms with van der Waals surface area (Å²) in [6, 6.07) is 9.31. The monoisotopic (exact) mass is 294 g/mol. The van der Waals surface area contributed by atoms with Crippen LogP contribution in [0.1, 0.15) is 17.5 Å². The number of ether oxygens (including phenoxy) is 1. The lowest BCUT2D eigenvalue weighted by Gasteiger charge is -2.31. The number of nitriles is 1. The van der Waals surface area contributed by atoms with Crippen LogP contribution in [0.4, 0.5) is 0 Å². The number of nitrogens with one attached hydrogen (secondary N) is 1. The molecule has 1 aliphatic rings. The Hall–Kier alpha value is -1.42. The number of hydrogen-bond donors (Lipinski definition) is 1. The Morgan fingerprint density at radius 2 is 2.10 bits per heavy atom. The quantitative estimate of drug-likeness (QED) is 0.900. The molecule has 1 aromatic rings. The fraction of sp³-hybridized carbons (Fsp3) is 0.500. The van der Waals surface area contributed by atoms with E-state index in [1.807, 2.05) is 12.1 Å². The van der Waals surface area contributed by atoms with Gasteiger partial charge in [-0.05, 0) is 37.6 Å². The van der Waals surface area contributed by atoms with Crippen LogP contribution in [0.15, 0.2) is 24.3 Å². The topological polar surface area (TPSA) is 79.2 Å². The molecule has 0 radical (unpaired) electrons. The molecule has 1 aliphatic heterocycles. The van der Waals surface area contributed by atoms with Crippen molar-refractivity contribution < 1.29 is 13.2 Å². The predicted octanol–water partition coefficient (Wildman–Crippen LogP) is 1.06. The Kier molecular flexibility index (Phi) is 4.76. The lowest BCUT2D eigenvalue weighted by Crippen LogP contribution is -2.43. The first-order valence-corrected chi connectivity index (χ1v) is 8.10. The molecular weight excluding hydrogens is 276 g/mol. The molecular formula is C14H18N2O3S. The van der Waals surface area contributed by atoms with Crippen LogP contribution in [-0.2, 0) is 21.2 Å². The van der Waals surface area contributed by atoms with Gasteiger partial charge in [0.15, 0.2) is 0 Å². The van der Waals surface area contributed by atoms with Crippen molar-refractivity contribution in [3.8, 4) is 6.07 Å². The molecule has 0 aromatic heterocycles. The molecule has 0 spiro atoms. The minimum Gasteiger partial charge on any atom is -0.381 e. The molecule has 20 heavy (non-hydrogen) atoms. The molecule has 2 atom stereocenters. The summed E-state index contributed by atoms with van der Waals surface area (Å²) in [5.41, 5.74) is 1.63. The van der Waals surface area contributed by atoms with Crippen molar-refractivity contribution in [2.45, 2.75) is 18.1 Å². The largest absolute Gasteiger partial charge is 0.381 e. The molecule has 1 fully saturated rings. The van der Waals surface area contributed by atoms with Gasteiger partial charge in [0.1, 0.15) is 0 Å². The molecule has 1 saturated heterocycles. The molecule has 1 N–H and O–H groups in total. The Labute approximate surface area is 119 Å². The molecule has 108 valence electrons. The van der Waals surface area contributed by atoms with Crippen LogP contribution in [0, 0.1) is 17.2 Å². The van der Waals surface area contributed by atoms with Gasteiger partial charge in [-0.3, -0.25) is 0 Å². The van der Waals surface area contributed by atoms with Crippen molar-refractivity contribution in [2.75, 3.05) is 20.3 Å². The Balaban J connectivity index is 2.14. The maximum atomic E-state index is 12.0. The zero-order valence-electron chi connectivity index (χ0n) is 11.4. The maximum Gasteiger partial charge on any atom is 0.214 e. The fourth-order valence-electron chi connectivity index (χ4n) is 2.55. The summed E-state index contributed by atoms with van der Waals surface area (Å²) in [6.45, 7) is 0.932. The van der Waals surface area contributed by atoms with Crippen molar-refractivity contribution in [2.24, 2.45) is 5.92 Å². The molecule has 0 aliphatic carbocycles. The summed E-state index contributed by atoms with van der Waals surface area (Å²) in [7, 11) is -1.84.